The van der Waals surface area contributed by atoms with Gasteiger partial charge in [-0.15, -0.1) is 11.3 Å². The number of amidine groups is 1. The van der Waals surface area contributed by atoms with E-state index in [2.05, 4.69) is 32.6 Å². The van der Waals surface area contributed by atoms with Crippen LogP contribution in [0.3, 0.4) is 0 Å². The Morgan fingerprint density at radius 3 is 3.06 bits per heavy atom. The second-order valence-electron chi connectivity index (χ2n) is 3.41. The highest BCUT2D eigenvalue weighted by atomic mass is 127. The fourth-order valence-corrected chi connectivity index (χ4v) is 3.16. The van der Waals surface area contributed by atoms with Gasteiger partial charge in [-0.1, -0.05) is 0 Å². The third-order valence-electron chi connectivity index (χ3n) is 2.33. The Kier molecular flexibility index (Phi) is 3.94. The zero-order valence-electron chi connectivity index (χ0n) is 9.09. The number of aromatic nitrogens is 1. The van der Waals surface area contributed by atoms with Gasteiger partial charge in [-0.05, 0) is 22.6 Å². The van der Waals surface area contributed by atoms with Crippen molar-refractivity contribution in [3.63, 3.8) is 0 Å². The molecule has 1 atom stereocenters. The van der Waals surface area contributed by atoms with E-state index in [9.17, 15) is 4.79 Å². The van der Waals surface area contributed by atoms with Crippen molar-refractivity contribution in [3.05, 3.63) is 14.1 Å². The Morgan fingerprint density at radius 1 is 1.71 bits per heavy atom. The molecule has 1 aromatic heterocycles. The molecule has 6 nitrogen and oxygen atoms in total. The van der Waals surface area contributed by atoms with E-state index >= 15 is 0 Å². The van der Waals surface area contributed by atoms with Crippen molar-refractivity contribution in [2.75, 3.05) is 20.3 Å². The molecule has 0 radical (unpaired) electrons. The second-order valence-corrected chi connectivity index (χ2v) is 6.37. The largest absolute Gasteiger partial charge is 0.385 e. The van der Waals surface area contributed by atoms with Crippen molar-refractivity contribution in [2.45, 2.75) is 6.04 Å². The molecule has 92 valence electrons. The van der Waals surface area contributed by atoms with Crippen molar-refractivity contribution in [1.82, 2.24) is 9.88 Å². The van der Waals surface area contributed by atoms with E-state index in [4.69, 9.17) is 10.5 Å². The van der Waals surface area contributed by atoms with Crippen LogP contribution in [0.2, 0.25) is 0 Å². The monoisotopic (exact) mass is 366 g/mol. The molecule has 0 saturated heterocycles. The normalized spacial score (nSPS) is 19.9. The molecule has 2 heterocycles. The number of methoxy groups -OCH3 is 1. The summed E-state index contributed by atoms with van der Waals surface area (Å²) < 4.78 is 6.02. The lowest BCUT2D eigenvalue weighted by Gasteiger charge is -2.21. The molecular formula is C9H11IN4O2S. The third kappa shape index (κ3) is 2.58. The number of aliphatic imine (C=N–C) groups is 1. The SMILES string of the molecule is COCCN1C(=O)N=C(N)C1c1ncc(I)s1. The number of nitrogens with zero attached hydrogens (tertiary/aromatic N) is 3. The summed E-state index contributed by atoms with van der Waals surface area (Å²) in [5, 5.41) is 0.789. The van der Waals surface area contributed by atoms with Crippen LogP contribution in [0.15, 0.2) is 11.2 Å². The highest BCUT2D eigenvalue weighted by Crippen LogP contribution is 2.30. The predicted molar refractivity (Wildman–Crippen MR) is 73.2 cm³/mol. The summed E-state index contributed by atoms with van der Waals surface area (Å²) in [4.78, 5) is 21.3. The summed E-state index contributed by atoms with van der Waals surface area (Å²) in [6.45, 7) is 0.911. The van der Waals surface area contributed by atoms with E-state index in [1.165, 1.54) is 11.3 Å². The average molecular weight is 366 g/mol. The van der Waals surface area contributed by atoms with Crippen LogP contribution in [0.1, 0.15) is 11.0 Å². The quantitative estimate of drug-likeness (QED) is 0.813. The molecule has 1 aromatic rings. The van der Waals surface area contributed by atoms with Gasteiger partial charge in [0.05, 0.1) is 15.7 Å². The first kappa shape index (κ1) is 12.7. The number of amides is 2. The van der Waals surface area contributed by atoms with Gasteiger partial charge < -0.3 is 15.4 Å². The summed E-state index contributed by atoms with van der Waals surface area (Å²) >= 11 is 3.69. The number of ether oxygens (including phenoxy) is 1. The number of halogens is 1. The van der Waals surface area contributed by atoms with Gasteiger partial charge in [0, 0.05) is 13.7 Å². The molecular weight excluding hydrogens is 355 g/mol. The first-order valence-electron chi connectivity index (χ1n) is 4.88. The second kappa shape index (κ2) is 5.27. The van der Waals surface area contributed by atoms with Crippen LogP contribution in [0.5, 0.6) is 0 Å². The van der Waals surface area contributed by atoms with E-state index in [-0.39, 0.29) is 12.1 Å². The highest BCUT2D eigenvalue weighted by molar-refractivity contribution is 14.1. The maximum atomic E-state index is 11.7. The molecule has 0 fully saturated rings. The Morgan fingerprint density at radius 2 is 2.47 bits per heavy atom. The summed E-state index contributed by atoms with van der Waals surface area (Å²) in [6.07, 6.45) is 1.76. The molecule has 2 N–H and O–H groups in total. The summed E-state index contributed by atoms with van der Waals surface area (Å²) in [6, 6.07) is -0.666. The predicted octanol–water partition coefficient (Wildman–Crippen LogP) is 1.23. The molecule has 1 aliphatic heterocycles. The molecule has 0 aliphatic carbocycles. The molecule has 0 bridgehead atoms. The Balaban J connectivity index is 2.23. The van der Waals surface area contributed by atoms with Crippen LogP contribution in [0, 0.1) is 2.88 Å². The minimum atomic E-state index is -0.342. The lowest BCUT2D eigenvalue weighted by atomic mass is 10.2. The molecule has 1 unspecified atom stereocenters. The number of hydrogen-bond acceptors (Lipinski definition) is 5. The number of thiazole rings is 1. The van der Waals surface area contributed by atoms with Gasteiger partial charge in [-0.2, -0.15) is 4.99 Å². The topological polar surface area (TPSA) is 80.8 Å². The number of nitrogens with two attached hydrogens (primary N) is 1. The summed E-state index contributed by atoms with van der Waals surface area (Å²) in [5.74, 6) is 0.303. The van der Waals surface area contributed by atoms with Gasteiger partial charge in [-0.3, -0.25) is 0 Å². The number of rotatable bonds is 4. The van der Waals surface area contributed by atoms with E-state index in [1.807, 2.05) is 0 Å². The van der Waals surface area contributed by atoms with Crippen LogP contribution in [0.25, 0.3) is 0 Å². The highest BCUT2D eigenvalue weighted by Gasteiger charge is 2.36. The van der Waals surface area contributed by atoms with E-state index in [0.717, 1.165) is 7.89 Å². The zero-order valence-corrected chi connectivity index (χ0v) is 12.1. The fourth-order valence-electron chi connectivity index (χ4n) is 1.57. The molecule has 2 amide bonds. The van der Waals surface area contributed by atoms with Crippen LogP contribution in [0.4, 0.5) is 4.79 Å². The van der Waals surface area contributed by atoms with Crippen molar-refractivity contribution < 1.29 is 9.53 Å². The van der Waals surface area contributed by atoms with E-state index < -0.39 is 0 Å². The van der Waals surface area contributed by atoms with Crippen molar-refractivity contribution in [1.29, 1.82) is 0 Å². The number of hydrogen-bond donors (Lipinski definition) is 1. The lowest BCUT2D eigenvalue weighted by molar-refractivity contribution is 0.150. The van der Waals surface area contributed by atoms with Crippen molar-refractivity contribution in [2.24, 2.45) is 10.7 Å². The zero-order chi connectivity index (χ0) is 12.4. The first-order chi connectivity index (χ1) is 8.13. The molecule has 0 saturated carbocycles. The average Bonchev–Trinajstić information content (AvgIpc) is 2.80. The summed E-state index contributed by atoms with van der Waals surface area (Å²) in [5.41, 5.74) is 5.78. The molecule has 2 rings (SSSR count). The molecule has 17 heavy (non-hydrogen) atoms. The first-order valence-corrected chi connectivity index (χ1v) is 6.78. The van der Waals surface area contributed by atoms with E-state index in [0.29, 0.717) is 19.0 Å². The molecule has 0 spiro atoms. The Hall–Kier alpha value is -0.740. The Labute approximate surface area is 116 Å². The Bertz CT molecular complexity index is 462. The summed E-state index contributed by atoms with van der Waals surface area (Å²) in [7, 11) is 1.59. The minimum absolute atomic E-state index is 0.303. The van der Waals surface area contributed by atoms with Gasteiger partial charge in [0.15, 0.2) is 0 Å². The van der Waals surface area contributed by atoms with Gasteiger partial charge in [0.25, 0.3) is 0 Å². The number of carbonyl (C=O) groups excluding carboxylic acids is 1. The number of urea groups is 1. The molecule has 8 heteroatoms. The van der Waals surface area contributed by atoms with Crippen LogP contribution in [-0.4, -0.2) is 42.0 Å². The standard InChI is InChI=1S/C9H11IN4O2S/c1-16-3-2-14-6(7(11)13-9(14)15)8-12-4-5(10)17-8/h4,6H,2-3H2,1H3,(H2,11,13,15). The smallest absolute Gasteiger partial charge is 0.346 e. The van der Waals surface area contributed by atoms with Gasteiger partial charge in [0.2, 0.25) is 0 Å². The fraction of sp³-hybridized carbons (Fsp3) is 0.444. The maximum absolute atomic E-state index is 11.7. The number of carbonyl (C=O) groups is 1. The maximum Gasteiger partial charge on any atom is 0.346 e. The van der Waals surface area contributed by atoms with Crippen LogP contribution >= 0.6 is 33.9 Å². The van der Waals surface area contributed by atoms with E-state index in [1.54, 1.807) is 18.2 Å². The molecule has 1 aliphatic rings. The van der Waals surface area contributed by atoms with Crippen LogP contribution < -0.4 is 5.73 Å². The minimum Gasteiger partial charge on any atom is -0.385 e. The third-order valence-corrected chi connectivity index (χ3v) is 4.11. The van der Waals surface area contributed by atoms with Gasteiger partial charge in [0.1, 0.15) is 16.9 Å². The lowest BCUT2D eigenvalue weighted by Crippen LogP contribution is -2.35. The van der Waals surface area contributed by atoms with Crippen molar-refractivity contribution in [3.8, 4) is 0 Å². The molecule has 0 aromatic carbocycles. The van der Waals surface area contributed by atoms with Crippen molar-refractivity contribution >= 4 is 45.8 Å². The van der Waals surface area contributed by atoms with Gasteiger partial charge >= 0.3 is 6.03 Å². The van der Waals surface area contributed by atoms with Gasteiger partial charge in [-0.25, -0.2) is 9.78 Å². The van der Waals surface area contributed by atoms with Crippen LogP contribution in [-0.2, 0) is 4.74 Å².